The van der Waals surface area contributed by atoms with E-state index in [1.807, 2.05) is 27.7 Å². The molecule has 2 N–H and O–H groups in total. The van der Waals surface area contributed by atoms with E-state index in [4.69, 9.17) is 13.9 Å². The minimum Gasteiger partial charge on any atom is -0.464 e. The molecule has 4 aliphatic heterocycles. The SMILES string of the molecule is CO[C@@H](C)c1ncccc1-c1c2c3cc(ccc3n1CC(F)(F)F)-c1cnc(o1)C[C@H](NC(=O)[C@H](C(C)C)N(C)C(=O)[C@H]1CCN(C(=O)C#CC(C)(C)N3CCC3)C1)C(=O)N1CCC[C@H](N1)C(=O)OCC(C)(C)C2. The van der Waals surface area contributed by atoms with Gasteiger partial charge in [-0.2, -0.15) is 13.2 Å². The number of alkyl halides is 3. The molecular formula is C54H68F3N9O8. The van der Waals surface area contributed by atoms with Gasteiger partial charge < -0.3 is 33.6 Å². The highest BCUT2D eigenvalue weighted by molar-refractivity contribution is 5.97. The van der Waals surface area contributed by atoms with Gasteiger partial charge in [-0.15, -0.1) is 0 Å². The Morgan fingerprint density at radius 1 is 1.04 bits per heavy atom. The van der Waals surface area contributed by atoms with Crippen molar-refractivity contribution < 1.29 is 51.0 Å². The predicted molar refractivity (Wildman–Crippen MR) is 268 cm³/mol. The van der Waals surface area contributed by atoms with Crippen LogP contribution in [0, 0.1) is 29.1 Å². The van der Waals surface area contributed by atoms with Crippen molar-refractivity contribution in [2.45, 2.75) is 129 Å². The van der Waals surface area contributed by atoms with Crippen molar-refractivity contribution in [1.82, 2.24) is 45.0 Å². The standard InChI is InChI=1S/C54H68F3N9O8/c1-32(2)46(62(8)49(69)35-18-24-63(29-35)44(67)17-19-53(6,7)64-21-12-22-64)48(68)60-40-26-43-59-28-42(74-43)34-15-16-41-37(25-34)38(27-52(4,5)31-73-51(71)39-14-11-23-66(61-39)50(40)70)47(65(41)30-54(55,56)57)36-13-10-20-58-45(36)33(3)72-9/h10,13,15-16,20,25,28,32-33,35,39-40,46,61H,11-12,14,18,21-24,26-27,29-31H2,1-9H3,(H,60,68)/t33-,35-,39-,40-,46-/m0/s1. The lowest BCUT2D eigenvalue weighted by Gasteiger charge is -2.41. The summed E-state index contributed by atoms with van der Waals surface area (Å²) in [5, 5.41) is 4.69. The van der Waals surface area contributed by atoms with Crippen molar-refractivity contribution in [2.24, 2.45) is 17.3 Å². The van der Waals surface area contributed by atoms with Gasteiger partial charge in [0.15, 0.2) is 11.7 Å². The fraction of sp³-hybridized carbons (Fsp3) is 0.574. The molecule has 3 aromatic heterocycles. The number of pyridine rings is 1. The fourth-order valence-electron chi connectivity index (χ4n) is 10.6. The van der Waals surface area contributed by atoms with Gasteiger partial charge in [-0.25, -0.2) is 10.4 Å². The smallest absolute Gasteiger partial charge is 0.406 e. The molecular weight excluding hydrogens is 960 g/mol. The lowest BCUT2D eigenvalue weighted by molar-refractivity contribution is -0.155. The molecule has 3 fully saturated rings. The molecule has 74 heavy (non-hydrogen) atoms. The van der Waals surface area contributed by atoms with Crippen molar-refractivity contribution >= 4 is 40.5 Å². The minimum atomic E-state index is -4.62. The van der Waals surface area contributed by atoms with E-state index < -0.39 is 77.5 Å². The molecule has 0 radical (unpaired) electrons. The summed E-state index contributed by atoms with van der Waals surface area (Å²) in [7, 11) is 3.05. The Morgan fingerprint density at radius 3 is 2.49 bits per heavy atom. The normalized spacial score (nSPS) is 21.6. The number of nitrogens with one attached hydrogen (secondary N) is 2. The van der Waals surface area contributed by atoms with Crippen LogP contribution in [0.1, 0.15) is 97.4 Å². The van der Waals surface area contributed by atoms with Crippen molar-refractivity contribution in [1.29, 1.82) is 0 Å². The highest BCUT2D eigenvalue weighted by Crippen LogP contribution is 2.43. The molecule has 0 aliphatic carbocycles. The van der Waals surface area contributed by atoms with Crippen LogP contribution in [0.2, 0.25) is 0 Å². The third-order valence-corrected chi connectivity index (χ3v) is 14.8. The Kier molecular flexibility index (Phi) is 15.7. The van der Waals surface area contributed by atoms with Gasteiger partial charge in [-0.1, -0.05) is 33.6 Å². The zero-order valence-corrected chi connectivity index (χ0v) is 43.7. The number of likely N-dealkylation sites (N-methyl/N-ethyl adjacent to an activating group) is 1. The van der Waals surface area contributed by atoms with Gasteiger partial charge in [0.2, 0.25) is 11.8 Å². The molecule has 0 spiro atoms. The first-order valence-corrected chi connectivity index (χ1v) is 25.5. The predicted octanol–water partition coefficient (Wildman–Crippen LogP) is 6.10. The van der Waals surface area contributed by atoms with E-state index in [2.05, 4.69) is 37.5 Å². The number of cyclic esters (lactones) is 1. The molecule has 0 saturated carbocycles. The third kappa shape index (κ3) is 11.6. The Balaban J connectivity index is 1.12. The van der Waals surface area contributed by atoms with Crippen LogP contribution in [0.15, 0.2) is 47.1 Å². The van der Waals surface area contributed by atoms with Crippen LogP contribution in [-0.4, -0.2) is 147 Å². The lowest BCUT2D eigenvalue weighted by atomic mass is 9.84. The second-order valence-corrected chi connectivity index (χ2v) is 21.7. The summed E-state index contributed by atoms with van der Waals surface area (Å²) >= 11 is 0. The van der Waals surface area contributed by atoms with Gasteiger partial charge >= 0.3 is 12.1 Å². The third-order valence-electron chi connectivity index (χ3n) is 14.8. The molecule has 8 rings (SSSR count). The first-order valence-electron chi connectivity index (χ1n) is 25.5. The monoisotopic (exact) mass is 1030 g/mol. The quantitative estimate of drug-likeness (QED) is 0.138. The number of fused-ring (bicyclic) bond motifs is 6. The Labute approximate surface area is 429 Å². The average molecular weight is 1030 g/mol. The summed E-state index contributed by atoms with van der Waals surface area (Å²) < 4.78 is 63.3. The first kappa shape index (κ1) is 54.0. The van der Waals surface area contributed by atoms with Crippen LogP contribution in [0.3, 0.4) is 0 Å². The van der Waals surface area contributed by atoms with Gasteiger partial charge in [0.25, 0.3) is 11.8 Å². The molecule has 20 heteroatoms. The molecule has 1 aromatic carbocycles. The number of esters is 1. The van der Waals surface area contributed by atoms with Gasteiger partial charge in [0.05, 0.1) is 48.2 Å². The number of carbonyl (C=O) groups is 5. The van der Waals surface area contributed by atoms with Gasteiger partial charge in [-0.05, 0) is 101 Å². The number of carbonyl (C=O) groups excluding carboxylic acids is 5. The minimum absolute atomic E-state index is 0.0654. The van der Waals surface area contributed by atoms with E-state index in [0.29, 0.717) is 64.8 Å². The van der Waals surface area contributed by atoms with Crippen LogP contribution in [0.5, 0.6) is 0 Å². The van der Waals surface area contributed by atoms with E-state index in [-0.39, 0.29) is 56.0 Å². The molecule has 5 atom stereocenters. The number of likely N-dealkylation sites (tertiary alicyclic amines) is 2. The summed E-state index contributed by atoms with van der Waals surface area (Å²) in [5.41, 5.74) is 4.28. The van der Waals surface area contributed by atoms with Gasteiger partial charge in [0.1, 0.15) is 24.7 Å². The van der Waals surface area contributed by atoms with Crippen LogP contribution < -0.4 is 10.7 Å². The van der Waals surface area contributed by atoms with Crippen LogP contribution >= 0.6 is 0 Å². The zero-order chi connectivity index (χ0) is 53.4. The van der Waals surface area contributed by atoms with E-state index >= 15 is 0 Å². The zero-order valence-electron chi connectivity index (χ0n) is 43.7. The fourth-order valence-corrected chi connectivity index (χ4v) is 10.6. The number of rotatable bonds is 10. The maximum atomic E-state index is 14.7. The molecule has 17 nitrogen and oxygen atoms in total. The van der Waals surface area contributed by atoms with Gasteiger partial charge in [0, 0.05) is 80.5 Å². The largest absolute Gasteiger partial charge is 0.464 e. The number of oxazole rings is 1. The number of hydrazine groups is 1. The van der Waals surface area contributed by atoms with Crippen molar-refractivity contribution in [3.8, 4) is 34.4 Å². The Morgan fingerprint density at radius 2 is 1.80 bits per heavy atom. The van der Waals surface area contributed by atoms with Gasteiger partial charge in [-0.3, -0.25) is 38.9 Å². The van der Waals surface area contributed by atoms with Crippen LogP contribution in [0.4, 0.5) is 13.2 Å². The molecule has 4 aliphatic rings. The summed E-state index contributed by atoms with van der Waals surface area (Å²) in [6, 6.07) is 5.10. The number of aromatic nitrogens is 3. The number of ether oxygens (including phenoxy) is 2. The lowest BCUT2D eigenvalue weighted by Crippen LogP contribution is -2.62. The van der Waals surface area contributed by atoms with Crippen molar-refractivity contribution in [3.63, 3.8) is 0 Å². The van der Waals surface area contributed by atoms with Crippen molar-refractivity contribution in [3.05, 3.63) is 59.9 Å². The summed E-state index contributed by atoms with van der Waals surface area (Å²) in [5.74, 6) is 2.71. The van der Waals surface area contributed by atoms with E-state index in [0.717, 1.165) is 19.5 Å². The van der Waals surface area contributed by atoms with Crippen LogP contribution in [-0.2, 0) is 52.8 Å². The number of amides is 4. The highest BCUT2D eigenvalue weighted by Gasteiger charge is 2.42. The Hall–Kier alpha value is -6.30. The molecule has 6 bridgehead atoms. The molecule has 0 unspecified atom stereocenters. The molecule has 3 saturated heterocycles. The number of hydrogen-bond acceptors (Lipinski definition) is 12. The average Bonchev–Trinajstić information content (AvgIpc) is 4.09. The topological polar surface area (TPSA) is 185 Å². The maximum absolute atomic E-state index is 14.7. The van der Waals surface area contributed by atoms with E-state index in [9.17, 15) is 37.1 Å². The molecule has 7 heterocycles. The summed E-state index contributed by atoms with van der Waals surface area (Å²) in [4.78, 5) is 84.8. The summed E-state index contributed by atoms with van der Waals surface area (Å²) in [6.07, 6.45) is -0.00822. The number of methoxy groups -OCH3 is 1. The first-order chi connectivity index (χ1) is 34.9. The molecule has 4 aromatic rings. The van der Waals surface area contributed by atoms with Crippen molar-refractivity contribution in [2.75, 3.05) is 53.5 Å². The number of benzene rings is 1. The summed E-state index contributed by atoms with van der Waals surface area (Å²) in [6.45, 7) is 14.2. The second kappa shape index (κ2) is 21.5. The number of nitrogens with zero attached hydrogens (tertiary/aromatic N) is 7. The highest BCUT2D eigenvalue weighted by atomic mass is 19.4. The van der Waals surface area contributed by atoms with Crippen LogP contribution in [0.25, 0.3) is 33.5 Å². The molecule has 398 valence electrons. The maximum Gasteiger partial charge on any atom is 0.406 e. The second-order valence-electron chi connectivity index (χ2n) is 21.7. The Bertz CT molecular complexity index is 2840. The molecule has 4 amide bonds. The van der Waals surface area contributed by atoms with E-state index in [1.165, 1.54) is 27.8 Å². The number of hydrogen-bond donors (Lipinski definition) is 2. The number of halogens is 3. The van der Waals surface area contributed by atoms with E-state index in [1.54, 1.807) is 69.2 Å².